The van der Waals surface area contributed by atoms with E-state index in [0.29, 0.717) is 5.69 Å². The van der Waals surface area contributed by atoms with Crippen molar-refractivity contribution in [3.63, 3.8) is 0 Å². The van der Waals surface area contributed by atoms with Gasteiger partial charge in [0.1, 0.15) is 5.03 Å². The predicted octanol–water partition coefficient (Wildman–Crippen LogP) is 4.11. The average Bonchev–Trinajstić information content (AvgIpc) is 2.32. The molecule has 0 spiro atoms. The summed E-state index contributed by atoms with van der Waals surface area (Å²) in [4.78, 5) is 5.48. The molecule has 1 aromatic heterocycles. The van der Waals surface area contributed by atoms with Crippen LogP contribution >= 0.6 is 11.8 Å². The molecule has 1 heterocycles. The molecule has 2 nitrogen and oxygen atoms in total. The van der Waals surface area contributed by atoms with Gasteiger partial charge in [0.05, 0.1) is 11.9 Å². The first-order chi connectivity index (χ1) is 8.45. The van der Waals surface area contributed by atoms with Gasteiger partial charge in [0.15, 0.2) is 0 Å². The fraction of sp³-hybridized carbons (Fsp3) is 0.267. The quantitative estimate of drug-likeness (QED) is 0.881. The van der Waals surface area contributed by atoms with Crippen LogP contribution < -0.4 is 5.73 Å². The van der Waals surface area contributed by atoms with E-state index in [0.717, 1.165) is 5.03 Å². The molecule has 0 aliphatic carbocycles. The van der Waals surface area contributed by atoms with Crippen LogP contribution in [0.2, 0.25) is 0 Å². The summed E-state index contributed by atoms with van der Waals surface area (Å²) in [5, 5.41) is 0.965. The van der Waals surface area contributed by atoms with Crippen molar-refractivity contribution in [1.82, 2.24) is 4.98 Å². The summed E-state index contributed by atoms with van der Waals surface area (Å²) in [6.07, 6.45) is 1.69. The van der Waals surface area contributed by atoms with Gasteiger partial charge in [-0.25, -0.2) is 4.98 Å². The molecular weight excluding hydrogens is 240 g/mol. The molecule has 2 N–H and O–H groups in total. The molecule has 18 heavy (non-hydrogen) atoms. The van der Waals surface area contributed by atoms with Gasteiger partial charge in [-0.15, -0.1) is 0 Å². The van der Waals surface area contributed by atoms with E-state index < -0.39 is 0 Å². The molecule has 0 radical (unpaired) electrons. The summed E-state index contributed by atoms with van der Waals surface area (Å²) in [6.45, 7) is 6.66. The number of benzene rings is 1. The van der Waals surface area contributed by atoms with E-state index in [4.69, 9.17) is 5.73 Å². The van der Waals surface area contributed by atoms with Crippen LogP contribution in [0.25, 0.3) is 0 Å². The van der Waals surface area contributed by atoms with Crippen LogP contribution in [-0.4, -0.2) is 4.98 Å². The monoisotopic (exact) mass is 258 g/mol. The molecule has 0 fully saturated rings. The molecule has 0 bridgehead atoms. The second kappa shape index (κ2) is 5.02. The summed E-state index contributed by atoms with van der Waals surface area (Å²) in [7, 11) is 0. The molecule has 2 aromatic rings. The van der Waals surface area contributed by atoms with Crippen molar-refractivity contribution in [2.75, 3.05) is 5.73 Å². The summed E-state index contributed by atoms with van der Waals surface area (Å²) in [6, 6.07) is 12.5. The molecule has 0 atom stereocenters. The molecule has 0 aliphatic rings. The highest BCUT2D eigenvalue weighted by Crippen LogP contribution is 2.29. The van der Waals surface area contributed by atoms with E-state index in [9.17, 15) is 0 Å². The Morgan fingerprint density at radius 2 is 1.67 bits per heavy atom. The molecule has 3 heteroatoms. The number of hydrogen-bond acceptors (Lipinski definition) is 3. The highest BCUT2D eigenvalue weighted by molar-refractivity contribution is 7.99. The van der Waals surface area contributed by atoms with Gasteiger partial charge in [-0.3, -0.25) is 0 Å². The molecule has 0 saturated carbocycles. The van der Waals surface area contributed by atoms with E-state index in [-0.39, 0.29) is 5.41 Å². The molecule has 0 unspecified atom stereocenters. The number of anilines is 1. The maximum atomic E-state index is 5.62. The van der Waals surface area contributed by atoms with Crippen LogP contribution in [0.4, 0.5) is 5.69 Å². The Morgan fingerprint density at radius 3 is 2.17 bits per heavy atom. The summed E-state index contributed by atoms with van der Waals surface area (Å²) in [5.41, 5.74) is 7.85. The van der Waals surface area contributed by atoms with Gasteiger partial charge in [0.25, 0.3) is 0 Å². The Labute approximate surface area is 113 Å². The van der Waals surface area contributed by atoms with Gasteiger partial charge < -0.3 is 5.73 Å². The minimum Gasteiger partial charge on any atom is -0.397 e. The lowest BCUT2D eigenvalue weighted by Crippen LogP contribution is -2.10. The van der Waals surface area contributed by atoms with Crippen molar-refractivity contribution >= 4 is 17.4 Å². The molecule has 94 valence electrons. The van der Waals surface area contributed by atoms with E-state index in [1.165, 1.54) is 10.5 Å². The first-order valence-corrected chi connectivity index (χ1v) is 6.77. The van der Waals surface area contributed by atoms with Crippen molar-refractivity contribution in [3.05, 3.63) is 48.2 Å². The standard InChI is InChI=1S/C15H18N2S/c1-15(2,3)11-4-7-13(8-5-11)18-14-9-6-12(16)10-17-14/h4-10H,16H2,1-3H3. The molecule has 1 aromatic carbocycles. The zero-order valence-electron chi connectivity index (χ0n) is 11.0. The molecule has 0 amide bonds. The second-order valence-electron chi connectivity index (χ2n) is 5.31. The van der Waals surface area contributed by atoms with Gasteiger partial charge in [-0.05, 0) is 35.2 Å². The van der Waals surface area contributed by atoms with Crippen LogP contribution in [0.1, 0.15) is 26.3 Å². The second-order valence-corrected chi connectivity index (χ2v) is 6.40. The van der Waals surface area contributed by atoms with Crippen molar-refractivity contribution in [2.45, 2.75) is 36.1 Å². The number of pyridine rings is 1. The van der Waals surface area contributed by atoms with Crippen LogP contribution in [0.15, 0.2) is 52.5 Å². The molecule has 0 saturated heterocycles. The highest BCUT2D eigenvalue weighted by Gasteiger charge is 2.12. The zero-order chi connectivity index (χ0) is 13.2. The Kier molecular flexibility index (Phi) is 3.62. The van der Waals surface area contributed by atoms with Crippen LogP contribution in [-0.2, 0) is 5.41 Å². The smallest absolute Gasteiger partial charge is 0.101 e. The first kappa shape index (κ1) is 13.0. The summed E-state index contributed by atoms with van der Waals surface area (Å²) < 4.78 is 0. The Hall–Kier alpha value is -1.48. The SMILES string of the molecule is CC(C)(C)c1ccc(Sc2ccc(N)cn2)cc1. The predicted molar refractivity (Wildman–Crippen MR) is 77.9 cm³/mol. The Bertz CT molecular complexity index is 510. The van der Waals surface area contributed by atoms with Gasteiger partial charge in [-0.1, -0.05) is 44.7 Å². The number of nitrogens with two attached hydrogens (primary N) is 1. The van der Waals surface area contributed by atoms with Crippen LogP contribution in [0, 0.1) is 0 Å². The normalized spacial score (nSPS) is 11.5. The number of rotatable bonds is 2. The molecule has 2 rings (SSSR count). The van der Waals surface area contributed by atoms with E-state index in [1.54, 1.807) is 18.0 Å². The van der Waals surface area contributed by atoms with E-state index >= 15 is 0 Å². The Morgan fingerprint density at radius 1 is 1.00 bits per heavy atom. The Balaban J connectivity index is 2.13. The maximum absolute atomic E-state index is 5.62. The van der Waals surface area contributed by atoms with Crippen molar-refractivity contribution in [1.29, 1.82) is 0 Å². The summed E-state index contributed by atoms with van der Waals surface area (Å²) >= 11 is 1.65. The van der Waals surface area contributed by atoms with Crippen molar-refractivity contribution in [3.8, 4) is 0 Å². The third-order valence-electron chi connectivity index (χ3n) is 2.70. The topological polar surface area (TPSA) is 38.9 Å². The zero-order valence-corrected chi connectivity index (χ0v) is 11.8. The lowest BCUT2D eigenvalue weighted by Gasteiger charge is -2.18. The third-order valence-corrected chi connectivity index (χ3v) is 3.66. The number of hydrogen-bond donors (Lipinski definition) is 1. The van der Waals surface area contributed by atoms with Crippen molar-refractivity contribution in [2.24, 2.45) is 0 Å². The largest absolute Gasteiger partial charge is 0.397 e. The summed E-state index contributed by atoms with van der Waals surface area (Å²) in [5.74, 6) is 0. The third kappa shape index (κ3) is 3.26. The minimum absolute atomic E-state index is 0.197. The van der Waals surface area contributed by atoms with Gasteiger partial charge in [-0.2, -0.15) is 0 Å². The fourth-order valence-corrected chi connectivity index (χ4v) is 2.35. The van der Waals surface area contributed by atoms with E-state index in [1.807, 2.05) is 12.1 Å². The number of nitrogen functional groups attached to an aromatic ring is 1. The fourth-order valence-electron chi connectivity index (χ4n) is 1.60. The molecular formula is C15H18N2S. The van der Waals surface area contributed by atoms with Crippen molar-refractivity contribution < 1.29 is 0 Å². The van der Waals surface area contributed by atoms with Crippen LogP contribution in [0.3, 0.4) is 0 Å². The first-order valence-electron chi connectivity index (χ1n) is 5.95. The maximum Gasteiger partial charge on any atom is 0.101 e. The molecule has 0 aliphatic heterocycles. The van der Waals surface area contributed by atoms with E-state index in [2.05, 4.69) is 50.0 Å². The highest BCUT2D eigenvalue weighted by atomic mass is 32.2. The number of nitrogens with zero attached hydrogens (tertiary/aromatic N) is 1. The van der Waals surface area contributed by atoms with Gasteiger partial charge in [0, 0.05) is 4.90 Å². The minimum atomic E-state index is 0.197. The lowest BCUT2D eigenvalue weighted by molar-refractivity contribution is 0.590. The van der Waals surface area contributed by atoms with Gasteiger partial charge >= 0.3 is 0 Å². The number of aromatic nitrogens is 1. The average molecular weight is 258 g/mol. The van der Waals surface area contributed by atoms with Gasteiger partial charge in [0.2, 0.25) is 0 Å². The lowest BCUT2D eigenvalue weighted by atomic mass is 9.87. The van der Waals surface area contributed by atoms with Crippen LogP contribution in [0.5, 0.6) is 0 Å².